The summed E-state index contributed by atoms with van der Waals surface area (Å²) in [7, 11) is -3.92. The molecule has 5 rings (SSSR count). The molecule has 0 bridgehead atoms. The molecule has 228 valence electrons. The molecule has 3 aromatic carbocycles. The Balaban J connectivity index is 1.51. The lowest BCUT2D eigenvalue weighted by molar-refractivity contribution is -0.140. The number of nitrogens with zero attached hydrogens (tertiary/aromatic N) is 2. The molecule has 1 aliphatic carbocycles. The standard InChI is InChI=1S/C32H36FN3O6S/c1-2-43(39,40)36(27-16-17-29-30(19-27)42-22-41-29)21-31(37)35(20-24-12-14-25(33)15-13-24)28(18-23-8-4-3-5-9-23)32(38)34-26-10-6-7-11-26/h3-5,8-9,12-17,19,26,28H,2,6-7,10-11,18,20-22H2,1H3,(H,34,38)/t28-/m0/s1. The minimum absolute atomic E-state index is 0.0131. The minimum atomic E-state index is -3.92. The van der Waals surface area contributed by atoms with E-state index in [9.17, 15) is 22.4 Å². The third kappa shape index (κ3) is 7.45. The molecule has 1 heterocycles. The van der Waals surface area contributed by atoms with Crippen LogP contribution in [0.1, 0.15) is 43.7 Å². The second-order valence-electron chi connectivity index (χ2n) is 10.8. The van der Waals surface area contributed by atoms with Gasteiger partial charge in [0.1, 0.15) is 18.4 Å². The molecule has 9 nitrogen and oxygen atoms in total. The molecule has 1 fully saturated rings. The van der Waals surface area contributed by atoms with Crippen molar-refractivity contribution in [3.8, 4) is 11.5 Å². The second-order valence-corrected chi connectivity index (χ2v) is 13.0. The number of hydrogen-bond donors (Lipinski definition) is 1. The maximum atomic E-state index is 14.3. The van der Waals surface area contributed by atoms with Gasteiger partial charge in [-0.2, -0.15) is 0 Å². The molecule has 1 aliphatic heterocycles. The predicted molar refractivity (Wildman–Crippen MR) is 161 cm³/mol. The molecule has 0 spiro atoms. The highest BCUT2D eigenvalue weighted by Gasteiger charge is 2.35. The van der Waals surface area contributed by atoms with Crippen LogP contribution in [0, 0.1) is 5.82 Å². The zero-order chi connectivity index (χ0) is 30.4. The van der Waals surface area contributed by atoms with Crippen molar-refractivity contribution >= 4 is 27.5 Å². The topological polar surface area (TPSA) is 105 Å². The second kappa shape index (κ2) is 13.5. The molecule has 0 saturated heterocycles. The first-order chi connectivity index (χ1) is 20.7. The van der Waals surface area contributed by atoms with Crippen LogP contribution in [0.5, 0.6) is 11.5 Å². The van der Waals surface area contributed by atoms with Gasteiger partial charge in [0.25, 0.3) is 0 Å². The zero-order valence-electron chi connectivity index (χ0n) is 24.1. The van der Waals surface area contributed by atoms with E-state index in [2.05, 4.69) is 5.32 Å². The van der Waals surface area contributed by atoms with E-state index < -0.39 is 34.3 Å². The van der Waals surface area contributed by atoms with Crippen molar-refractivity contribution in [1.82, 2.24) is 10.2 Å². The van der Waals surface area contributed by atoms with Crippen LogP contribution in [-0.4, -0.2) is 56.3 Å². The van der Waals surface area contributed by atoms with Crippen LogP contribution in [0.3, 0.4) is 0 Å². The fourth-order valence-corrected chi connectivity index (χ4v) is 6.52. The molecule has 2 aliphatic rings. The van der Waals surface area contributed by atoms with Crippen molar-refractivity contribution in [3.63, 3.8) is 0 Å². The minimum Gasteiger partial charge on any atom is -0.454 e. The number of carbonyl (C=O) groups is 2. The quantitative estimate of drug-likeness (QED) is 0.326. The summed E-state index contributed by atoms with van der Waals surface area (Å²) in [6, 6.07) is 18.8. The summed E-state index contributed by atoms with van der Waals surface area (Å²) >= 11 is 0. The van der Waals surface area contributed by atoms with Crippen LogP contribution < -0.4 is 19.1 Å². The van der Waals surface area contributed by atoms with Gasteiger partial charge in [0, 0.05) is 25.1 Å². The fourth-order valence-electron chi connectivity index (χ4n) is 5.47. The van der Waals surface area contributed by atoms with Gasteiger partial charge >= 0.3 is 0 Å². The van der Waals surface area contributed by atoms with Crippen LogP contribution in [-0.2, 0) is 32.6 Å². The van der Waals surface area contributed by atoms with E-state index in [0.29, 0.717) is 17.1 Å². The third-order valence-corrected chi connectivity index (χ3v) is 9.60. The first kappa shape index (κ1) is 30.3. The van der Waals surface area contributed by atoms with Gasteiger partial charge in [0.2, 0.25) is 28.6 Å². The number of nitrogens with one attached hydrogen (secondary N) is 1. The Hall–Kier alpha value is -4.12. The maximum absolute atomic E-state index is 14.3. The summed E-state index contributed by atoms with van der Waals surface area (Å²) in [5.74, 6) is -0.691. The normalized spacial score (nSPS) is 15.2. The largest absolute Gasteiger partial charge is 0.454 e. The van der Waals surface area contributed by atoms with E-state index >= 15 is 0 Å². The number of benzene rings is 3. The molecule has 0 radical (unpaired) electrons. The third-order valence-electron chi connectivity index (χ3n) is 7.86. The van der Waals surface area contributed by atoms with E-state index in [4.69, 9.17) is 9.47 Å². The molecule has 1 atom stereocenters. The lowest BCUT2D eigenvalue weighted by Crippen LogP contribution is -2.54. The summed E-state index contributed by atoms with van der Waals surface area (Å²) in [6.45, 7) is 0.957. The summed E-state index contributed by atoms with van der Waals surface area (Å²) in [4.78, 5) is 29.6. The average molecular weight is 610 g/mol. The van der Waals surface area contributed by atoms with E-state index in [1.54, 1.807) is 24.3 Å². The molecular weight excluding hydrogens is 573 g/mol. The Morgan fingerprint density at radius 3 is 2.35 bits per heavy atom. The number of hydrogen-bond acceptors (Lipinski definition) is 6. The monoisotopic (exact) mass is 609 g/mol. The highest BCUT2D eigenvalue weighted by Crippen LogP contribution is 2.36. The number of carbonyl (C=O) groups excluding carboxylic acids is 2. The number of ether oxygens (including phenoxy) is 2. The fraction of sp³-hybridized carbons (Fsp3) is 0.375. The van der Waals surface area contributed by atoms with Crippen LogP contribution >= 0.6 is 0 Å². The van der Waals surface area contributed by atoms with Crippen molar-refractivity contribution in [3.05, 3.63) is 89.7 Å². The Labute approximate surface area is 251 Å². The van der Waals surface area contributed by atoms with Crippen LogP contribution in [0.25, 0.3) is 0 Å². The molecule has 11 heteroatoms. The van der Waals surface area contributed by atoms with E-state index in [1.165, 1.54) is 30.0 Å². The highest BCUT2D eigenvalue weighted by molar-refractivity contribution is 7.92. The van der Waals surface area contributed by atoms with Crippen molar-refractivity contribution in [2.45, 2.75) is 57.7 Å². The lowest BCUT2D eigenvalue weighted by Gasteiger charge is -2.34. The number of amides is 2. The molecule has 43 heavy (non-hydrogen) atoms. The molecule has 1 saturated carbocycles. The van der Waals surface area contributed by atoms with E-state index in [1.807, 2.05) is 30.3 Å². The molecular formula is C32H36FN3O6S. The number of anilines is 1. The Morgan fingerprint density at radius 2 is 1.65 bits per heavy atom. The summed E-state index contributed by atoms with van der Waals surface area (Å²) in [5, 5.41) is 3.13. The number of halogens is 1. The molecule has 0 aromatic heterocycles. The van der Waals surface area contributed by atoms with Crippen molar-refractivity contribution in [1.29, 1.82) is 0 Å². The van der Waals surface area contributed by atoms with Crippen LogP contribution in [0.4, 0.5) is 10.1 Å². The van der Waals surface area contributed by atoms with Gasteiger partial charge in [0.15, 0.2) is 11.5 Å². The van der Waals surface area contributed by atoms with Gasteiger partial charge in [-0.05, 0) is 55.2 Å². The van der Waals surface area contributed by atoms with Gasteiger partial charge in [-0.1, -0.05) is 55.3 Å². The summed E-state index contributed by atoms with van der Waals surface area (Å²) in [6.07, 6.45) is 3.99. The van der Waals surface area contributed by atoms with Crippen molar-refractivity contribution in [2.75, 3.05) is 23.4 Å². The molecule has 3 aromatic rings. The zero-order valence-corrected chi connectivity index (χ0v) is 24.9. The average Bonchev–Trinajstić information content (AvgIpc) is 3.71. The number of fused-ring (bicyclic) bond motifs is 1. The Morgan fingerprint density at radius 1 is 0.953 bits per heavy atom. The van der Waals surface area contributed by atoms with Crippen LogP contribution in [0.2, 0.25) is 0 Å². The molecule has 1 N–H and O–H groups in total. The van der Waals surface area contributed by atoms with Gasteiger partial charge < -0.3 is 19.7 Å². The smallest absolute Gasteiger partial charge is 0.244 e. The summed E-state index contributed by atoms with van der Waals surface area (Å²) < 4.78 is 52.3. The van der Waals surface area contributed by atoms with Gasteiger partial charge in [-0.25, -0.2) is 12.8 Å². The molecule has 2 amide bonds. The highest BCUT2D eigenvalue weighted by atomic mass is 32.2. The lowest BCUT2D eigenvalue weighted by atomic mass is 10.0. The Kier molecular flexibility index (Phi) is 9.49. The predicted octanol–water partition coefficient (Wildman–Crippen LogP) is 4.41. The van der Waals surface area contributed by atoms with Crippen LogP contribution in [0.15, 0.2) is 72.8 Å². The van der Waals surface area contributed by atoms with E-state index in [-0.39, 0.29) is 43.1 Å². The van der Waals surface area contributed by atoms with Gasteiger partial charge in [-0.15, -0.1) is 0 Å². The first-order valence-electron chi connectivity index (χ1n) is 14.5. The maximum Gasteiger partial charge on any atom is 0.244 e. The SMILES string of the molecule is CCS(=O)(=O)N(CC(=O)N(Cc1ccc(F)cc1)[C@@H](Cc1ccccc1)C(=O)NC1CCCC1)c1ccc2c(c1)OCO2. The number of rotatable bonds is 12. The summed E-state index contributed by atoms with van der Waals surface area (Å²) in [5.41, 5.74) is 1.70. The van der Waals surface area contributed by atoms with E-state index in [0.717, 1.165) is 35.6 Å². The van der Waals surface area contributed by atoms with Gasteiger partial charge in [-0.3, -0.25) is 13.9 Å². The van der Waals surface area contributed by atoms with Crippen molar-refractivity contribution in [2.24, 2.45) is 0 Å². The Bertz CT molecular complexity index is 1530. The number of sulfonamides is 1. The first-order valence-corrected chi connectivity index (χ1v) is 16.1. The van der Waals surface area contributed by atoms with Gasteiger partial charge in [0.05, 0.1) is 11.4 Å². The van der Waals surface area contributed by atoms with Crippen molar-refractivity contribution < 1.29 is 31.9 Å². The molecule has 0 unspecified atom stereocenters.